The van der Waals surface area contributed by atoms with Gasteiger partial charge < -0.3 is 10.1 Å². The first kappa shape index (κ1) is 11.7. The maximum atomic E-state index is 5.18. The van der Waals surface area contributed by atoms with E-state index in [1.807, 2.05) is 0 Å². The Morgan fingerprint density at radius 2 is 2.29 bits per heavy atom. The zero-order chi connectivity index (χ0) is 12.3. The molecule has 92 valence electrons. The molecule has 0 aromatic carbocycles. The van der Waals surface area contributed by atoms with E-state index in [2.05, 4.69) is 32.5 Å². The molecule has 1 N–H and O–H groups in total. The van der Waals surface area contributed by atoms with Crippen LogP contribution in [0.25, 0.3) is 11.2 Å². The fraction of sp³-hybridized carbons (Fsp3) is 0.600. The molecule has 0 bridgehead atoms. The molecule has 0 radical (unpaired) electrons. The Kier molecular flexibility index (Phi) is 3.48. The number of hydrogen-bond donors (Lipinski definition) is 1. The van der Waals surface area contributed by atoms with Crippen LogP contribution in [0.2, 0.25) is 0 Å². The molecule has 0 aliphatic heterocycles. The Morgan fingerprint density at radius 1 is 1.47 bits per heavy atom. The molecule has 0 saturated heterocycles. The van der Waals surface area contributed by atoms with Crippen molar-refractivity contribution in [1.82, 2.24) is 25.0 Å². The van der Waals surface area contributed by atoms with Crippen LogP contribution in [-0.2, 0) is 4.74 Å². The summed E-state index contributed by atoms with van der Waals surface area (Å²) in [7, 11) is 3.48. The molecule has 2 aromatic heterocycles. The van der Waals surface area contributed by atoms with Gasteiger partial charge in [0.1, 0.15) is 6.33 Å². The van der Waals surface area contributed by atoms with Crippen molar-refractivity contribution in [3.63, 3.8) is 0 Å². The molecule has 0 amide bonds. The van der Waals surface area contributed by atoms with E-state index in [0.29, 0.717) is 17.9 Å². The van der Waals surface area contributed by atoms with Gasteiger partial charge in [0.05, 0.1) is 12.6 Å². The molecule has 1 unspecified atom stereocenters. The third-order valence-corrected chi connectivity index (χ3v) is 2.67. The third-order valence-electron chi connectivity index (χ3n) is 2.67. The molecule has 7 nitrogen and oxygen atoms in total. The van der Waals surface area contributed by atoms with Crippen LogP contribution in [-0.4, -0.2) is 45.7 Å². The van der Waals surface area contributed by atoms with Crippen molar-refractivity contribution in [2.75, 3.05) is 26.1 Å². The van der Waals surface area contributed by atoms with Crippen LogP contribution in [0, 0.1) is 0 Å². The zero-order valence-electron chi connectivity index (χ0n) is 10.2. The summed E-state index contributed by atoms with van der Waals surface area (Å²) in [5.41, 5.74) is 1.41. The number of rotatable bonds is 5. The van der Waals surface area contributed by atoms with Gasteiger partial charge in [0.15, 0.2) is 17.0 Å². The van der Waals surface area contributed by atoms with Crippen molar-refractivity contribution in [3.8, 4) is 0 Å². The van der Waals surface area contributed by atoms with Crippen LogP contribution in [0.1, 0.15) is 19.4 Å². The molecular formula is C10H16N6O. The lowest BCUT2D eigenvalue weighted by atomic mass is 10.2. The van der Waals surface area contributed by atoms with E-state index >= 15 is 0 Å². The number of fused-ring (bicyclic) bond motifs is 1. The minimum atomic E-state index is 0.143. The van der Waals surface area contributed by atoms with Gasteiger partial charge >= 0.3 is 0 Å². The zero-order valence-corrected chi connectivity index (χ0v) is 10.2. The number of nitrogens with zero attached hydrogens (tertiary/aromatic N) is 5. The third kappa shape index (κ3) is 2.05. The number of anilines is 1. The van der Waals surface area contributed by atoms with E-state index in [1.54, 1.807) is 18.8 Å². The average Bonchev–Trinajstić information content (AvgIpc) is 2.79. The SMILES string of the molecule is CCC(COC)n1nnc2c(NC)ncnc21. The number of hydrogen-bond acceptors (Lipinski definition) is 6. The normalized spacial score (nSPS) is 12.9. The molecule has 0 spiro atoms. The van der Waals surface area contributed by atoms with Crippen molar-refractivity contribution in [2.45, 2.75) is 19.4 Å². The topological polar surface area (TPSA) is 77.8 Å². The average molecular weight is 236 g/mol. The number of nitrogens with one attached hydrogen (secondary N) is 1. The lowest BCUT2D eigenvalue weighted by Crippen LogP contribution is -2.15. The summed E-state index contributed by atoms with van der Waals surface area (Å²) in [5, 5.41) is 11.2. The Morgan fingerprint density at radius 3 is 2.94 bits per heavy atom. The van der Waals surface area contributed by atoms with Gasteiger partial charge in [-0.05, 0) is 6.42 Å². The minimum Gasteiger partial charge on any atom is -0.382 e. The summed E-state index contributed by atoms with van der Waals surface area (Å²) in [6, 6.07) is 0.143. The number of ether oxygens (including phenoxy) is 1. The van der Waals surface area contributed by atoms with Crippen LogP contribution in [0.15, 0.2) is 6.33 Å². The van der Waals surface area contributed by atoms with Crippen molar-refractivity contribution in [3.05, 3.63) is 6.33 Å². The Balaban J connectivity index is 2.48. The van der Waals surface area contributed by atoms with Crippen LogP contribution in [0.5, 0.6) is 0 Å². The Labute approximate surface area is 99.2 Å². The first-order chi connectivity index (χ1) is 8.31. The molecule has 2 aromatic rings. The molecule has 1 atom stereocenters. The molecule has 0 aliphatic carbocycles. The van der Waals surface area contributed by atoms with Crippen LogP contribution < -0.4 is 5.32 Å². The molecule has 2 heterocycles. The number of methoxy groups -OCH3 is 1. The van der Waals surface area contributed by atoms with E-state index in [-0.39, 0.29) is 6.04 Å². The van der Waals surface area contributed by atoms with E-state index in [4.69, 9.17) is 4.74 Å². The minimum absolute atomic E-state index is 0.143. The highest BCUT2D eigenvalue weighted by Crippen LogP contribution is 2.20. The van der Waals surface area contributed by atoms with E-state index < -0.39 is 0 Å². The fourth-order valence-electron chi connectivity index (χ4n) is 1.75. The Hall–Kier alpha value is -1.76. The van der Waals surface area contributed by atoms with E-state index in [9.17, 15) is 0 Å². The molecule has 0 fully saturated rings. The molecule has 7 heteroatoms. The van der Waals surface area contributed by atoms with E-state index in [1.165, 1.54) is 6.33 Å². The van der Waals surface area contributed by atoms with Gasteiger partial charge in [-0.15, -0.1) is 5.10 Å². The van der Waals surface area contributed by atoms with Crippen LogP contribution in [0.3, 0.4) is 0 Å². The lowest BCUT2D eigenvalue weighted by Gasteiger charge is -2.13. The first-order valence-corrected chi connectivity index (χ1v) is 5.54. The van der Waals surface area contributed by atoms with Gasteiger partial charge in [0.25, 0.3) is 0 Å². The smallest absolute Gasteiger partial charge is 0.184 e. The fourth-order valence-corrected chi connectivity index (χ4v) is 1.75. The molecular weight excluding hydrogens is 220 g/mol. The van der Waals surface area contributed by atoms with Gasteiger partial charge in [-0.1, -0.05) is 12.1 Å². The highest BCUT2D eigenvalue weighted by atomic mass is 16.5. The second kappa shape index (κ2) is 5.05. The number of aromatic nitrogens is 5. The second-order valence-electron chi connectivity index (χ2n) is 3.70. The van der Waals surface area contributed by atoms with Gasteiger partial charge in [-0.3, -0.25) is 0 Å². The maximum Gasteiger partial charge on any atom is 0.184 e. The first-order valence-electron chi connectivity index (χ1n) is 5.54. The quantitative estimate of drug-likeness (QED) is 0.829. The summed E-state index contributed by atoms with van der Waals surface area (Å²) in [4.78, 5) is 8.33. The van der Waals surface area contributed by atoms with Gasteiger partial charge in [0, 0.05) is 14.2 Å². The molecule has 17 heavy (non-hydrogen) atoms. The highest BCUT2D eigenvalue weighted by molar-refractivity contribution is 5.81. The summed E-state index contributed by atoms with van der Waals surface area (Å²) < 4.78 is 6.97. The van der Waals surface area contributed by atoms with Crippen molar-refractivity contribution in [2.24, 2.45) is 0 Å². The largest absolute Gasteiger partial charge is 0.382 e. The summed E-state index contributed by atoms with van der Waals surface area (Å²) in [6.45, 7) is 2.67. The van der Waals surface area contributed by atoms with Gasteiger partial charge in [-0.2, -0.15) is 0 Å². The molecule has 2 rings (SSSR count). The summed E-state index contributed by atoms with van der Waals surface area (Å²) in [6.07, 6.45) is 2.42. The molecule has 0 saturated carbocycles. The van der Waals surface area contributed by atoms with E-state index in [0.717, 1.165) is 12.1 Å². The van der Waals surface area contributed by atoms with Crippen molar-refractivity contribution in [1.29, 1.82) is 0 Å². The van der Waals surface area contributed by atoms with Crippen molar-refractivity contribution < 1.29 is 4.74 Å². The predicted molar refractivity (Wildman–Crippen MR) is 63.9 cm³/mol. The predicted octanol–water partition coefficient (Wildman–Crippen LogP) is 0.860. The van der Waals surface area contributed by atoms with Crippen molar-refractivity contribution >= 4 is 17.0 Å². The monoisotopic (exact) mass is 236 g/mol. The second-order valence-corrected chi connectivity index (χ2v) is 3.70. The van der Waals surface area contributed by atoms with Crippen LogP contribution >= 0.6 is 0 Å². The van der Waals surface area contributed by atoms with Crippen LogP contribution in [0.4, 0.5) is 5.82 Å². The maximum absolute atomic E-state index is 5.18. The molecule has 0 aliphatic rings. The standard InChI is InChI=1S/C10H16N6O/c1-4-7(5-17-3)16-10-8(14-15-16)9(11-2)12-6-13-10/h6-7H,4-5H2,1-3H3,(H,11,12,13). The summed E-state index contributed by atoms with van der Waals surface area (Å²) in [5.74, 6) is 0.688. The van der Waals surface area contributed by atoms with Gasteiger partial charge in [0.2, 0.25) is 0 Å². The highest BCUT2D eigenvalue weighted by Gasteiger charge is 2.16. The Bertz CT molecular complexity index is 497. The summed E-state index contributed by atoms with van der Waals surface area (Å²) >= 11 is 0. The van der Waals surface area contributed by atoms with Gasteiger partial charge in [-0.25, -0.2) is 14.6 Å². The lowest BCUT2D eigenvalue weighted by molar-refractivity contribution is 0.148.